The summed E-state index contributed by atoms with van der Waals surface area (Å²) < 4.78 is 5.22. The third-order valence-electron chi connectivity index (χ3n) is 2.86. The summed E-state index contributed by atoms with van der Waals surface area (Å²) in [5.74, 6) is 0.313. The molecule has 21 heavy (non-hydrogen) atoms. The van der Waals surface area contributed by atoms with Crippen molar-refractivity contribution in [2.75, 3.05) is 6.61 Å². The lowest BCUT2D eigenvalue weighted by Crippen LogP contribution is -2.19. The van der Waals surface area contributed by atoms with E-state index in [1.807, 2.05) is 52.0 Å². The van der Waals surface area contributed by atoms with Crippen LogP contribution in [0.15, 0.2) is 29.2 Å². The Hall–Kier alpha value is -1.29. The third kappa shape index (κ3) is 6.34. The fourth-order valence-electron chi connectivity index (χ4n) is 1.71. The van der Waals surface area contributed by atoms with Gasteiger partial charge in [-0.05, 0) is 31.4 Å². The number of hydrogen-bond acceptors (Lipinski definition) is 4. The molecule has 1 aromatic carbocycles. The molecule has 0 spiro atoms. The second-order valence-electron chi connectivity index (χ2n) is 5.48. The molecule has 3 nitrogen and oxygen atoms in total. The van der Waals surface area contributed by atoms with Gasteiger partial charge in [-0.3, -0.25) is 9.59 Å². The lowest BCUT2D eigenvalue weighted by molar-refractivity contribution is -0.143. The van der Waals surface area contributed by atoms with Gasteiger partial charge in [0.15, 0.2) is 5.78 Å². The SMILES string of the molecule is CCCC(=O)c1ccc(SC(C)C(=O)OCC(C)C)cc1. The van der Waals surface area contributed by atoms with Gasteiger partial charge >= 0.3 is 5.97 Å². The van der Waals surface area contributed by atoms with Crippen molar-refractivity contribution < 1.29 is 14.3 Å². The van der Waals surface area contributed by atoms with Crippen LogP contribution in [0.25, 0.3) is 0 Å². The third-order valence-corrected chi connectivity index (χ3v) is 3.95. The molecule has 0 aromatic heterocycles. The van der Waals surface area contributed by atoms with E-state index in [-0.39, 0.29) is 17.0 Å². The van der Waals surface area contributed by atoms with Crippen LogP contribution in [0.3, 0.4) is 0 Å². The molecule has 1 rings (SSSR count). The zero-order chi connectivity index (χ0) is 15.8. The molecule has 0 fully saturated rings. The van der Waals surface area contributed by atoms with Crippen LogP contribution in [0.4, 0.5) is 0 Å². The summed E-state index contributed by atoms with van der Waals surface area (Å²) in [5.41, 5.74) is 0.733. The molecule has 0 heterocycles. The number of benzene rings is 1. The van der Waals surface area contributed by atoms with Crippen LogP contribution in [-0.2, 0) is 9.53 Å². The first kappa shape index (κ1) is 17.8. The molecule has 0 saturated carbocycles. The van der Waals surface area contributed by atoms with Gasteiger partial charge in [0.25, 0.3) is 0 Å². The van der Waals surface area contributed by atoms with Crippen LogP contribution in [0.2, 0.25) is 0 Å². The van der Waals surface area contributed by atoms with E-state index in [1.54, 1.807) is 0 Å². The van der Waals surface area contributed by atoms with Gasteiger partial charge in [0.1, 0.15) is 5.25 Å². The molecular formula is C17H24O3S. The number of ether oxygens (including phenoxy) is 1. The van der Waals surface area contributed by atoms with Gasteiger partial charge in [-0.1, -0.05) is 32.9 Å². The summed E-state index contributed by atoms with van der Waals surface area (Å²) in [7, 11) is 0. The van der Waals surface area contributed by atoms with E-state index >= 15 is 0 Å². The van der Waals surface area contributed by atoms with Gasteiger partial charge in [0.05, 0.1) is 6.61 Å². The Bertz CT molecular complexity index is 465. The molecule has 0 amide bonds. The van der Waals surface area contributed by atoms with Gasteiger partial charge in [-0.25, -0.2) is 0 Å². The number of esters is 1. The van der Waals surface area contributed by atoms with Gasteiger partial charge < -0.3 is 4.74 Å². The van der Waals surface area contributed by atoms with Crippen LogP contribution in [0.5, 0.6) is 0 Å². The molecule has 0 radical (unpaired) electrons. The van der Waals surface area contributed by atoms with Crippen molar-refractivity contribution in [2.45, 2.75) is 50.7 Å². The van der Waals surface area contributed by atoms with E-state index in [0.29, 0.717) is 18.9 Å². The number of ketones is 1. The molecule has 4 heteroatoms. The van der Waals surface area contributed by atoms with Crippen molar-refractivity contribution in [1.29, 1.82) is 0 Å². The number of carbonyl (C=O) groups excluding carboxylic acids is 2. The Morgan fingerprint density at radius 3 is 2.29 bits per heavy atom. The largest absolute Gasteiger partial charge is 0.465 e. The van der Waals surface area contributed by atoms with E-state index in [1.165, 1.54) is 11.8 Å². The topological polar surface area (TPSA) is 43.4 Å². The van der Waals surface area contributed by atoms with Crippen LogP contribution in [0.1, 0.15) is 50.9 Å². The predicted molar refractivity (Wildman–Crippen MR) is 86.8 cm³/mol. The highest BCUT2D eigenvalue weighted by atomic mass is 32.2. The number of rotatable bonds is 8. The number of hydrogen-bond donors (Lipinski definition) is 0. The summed E-state index contributed by atoms with van der Waals surface area (Å²) in [5, 5.41) is -0.249. The maximum atomic E-state index is 11.8. The van der Waals surface area contributed by atoms with Crippen LogP contribution < -0.4 is 0 Å². The molecule has 1 atom stereocenters. The van der Waals surface area contributed by atoms with Crippen LogP contribution in [-0.4, -0.2) is 23.6 Å². The molecule has 0 N–H and O–H groups in total. The van der Waals surface area contributed by atoms with Gasteiger partial charge in [0.2, 0.25) is 0 Å². The minimum Gasteiger partial charge on any atom is -0.465 e. The van der Waals surface area contributed by atoms with Gasteiger partial charge in [0, 0.05) is 16.9 Å². The normalized spacial score (nSPS) is 12.2. The summed E-state index contributed by atoms with van der Waals surface area (Å²) in [6, 6.07) is 7.43. The lowest BCUT2D eigenvalue weighted by Gasteiger charge is -2.12. The highest BCUT2D eigenvalue weighted by molar-refractivity contribution is 8.00. The van der Waals surface area contributed by atoms with E-state index in [4.69, 9.17) is 4.74 Å². The van der Waals surface area contributed by atoms with E-state index in [9.17, 15) is 9.59 Å². The van der Waals surface area contributed by atoms with Crippen LogP contribution in [0, 0.1) is 5.92 Å². The first-order valence-electron chi connectivity index (χ1n) is 7.40. The molecule has 0 aliphatic rings. The number of thioether (sulfide) groups is 1. The Balaban J connectivity index is 2.55. The average molecular weight is 308 g/mol. The molecule has 1 aromatic rings. The zero-order valence-corrected chi connectivity index (χ0v) is 14.0. The summed E-state index contributed by atoms with van der Waals surface area (Å²) in [4.78, 5) is 24.5. The molecule has 0 aliphatic carbocycles. The smallest absolute Gasteiger partial charge is 0.319 e. The molecular weight excluding hydrogens is 284 g/mol. The molecule has 0 saturated heterocycles. The molecule has 1 unspecified atom stereocenters. The maximum Gasteiger partial charge on any atom is 0.319 e. The molecule has 116 valence electrons. The van der Waals surface area contributed by atoms with Crippen molar-refractivity contribution in [1.82, 2.24) is 0 Å². The fourth-order valence-corrected chi connectivity index (χ4v) is 2.57. The standard InChI is InChI=1S/C17H24O3S/c1-5-6-16(18)14-7-9-15(10-8-14)21-13(4)17(19)20-11-12(2)3/h7-10,12-13H,5-6,11H2,1-4H3. The van der Waals surface area contributed by atoms with Crippen molar-refractivity contribution in [2.24, 2.45) is 5.92 Å². The average Bonchev–Trinajstić information content (AvgIpc) is 2.45. The first-order valence-corrected chi connectivity index (χ1v) is 8.28. The van der Waals surface area contributed by atoms with Gasteiger partial charge in [-0.15, -0.1) is 11.8 Å². The zero-order valence-electron chi connectivity index (χ0n) is 13.2. The highest BCUT2D eigenvalue weighted by Gasteiger charge is 2.16. The molecule has 0 bridgehead atoms. The van der Waals surface area contributed by atoms with Crippen LogP contribution >= 0.6 is 11.8 Å². The maximum absolute atomic E-state index is 11.8. The van der Waals surface area contributed by atoms with E-state index in [0.717, 1.165) is 16.9 Å². The van der Waals surface area contributed by atoms with E-state index < -0.39 is 0 Å². The van der Waals surface area contributed by atoms with Crippen molar-refractivity contribution >= 4 is 23.5 Å². The molecule has 0 aliphatic heterocycles. The Morgan fingerprint density at radius 1 is 1.14 bits per heavy atom. The van der Waals surface area contributed by atoms with Gasteiger partial charge in [-0.2, -0.15) is 0 Å². The lowest BCUT2D eigenvalue weighted by atomic mass is 10.1. The van der Waals surface area contributed by atoms with Crippen molar-refractivity contribution in [3.8, 4) is 0 Å². The predicted octanol–water partition coefficient (Wildman–Crippen LogP) is 4.35. The summed E-state index contributed by atoms with van der Waals surface area (Å²) in [6.45, 7) is 8.30. The Labute approximate surface area is 131 Å². The highest BCUT2D eigenvalue weighted by Crippen LogP contribution is 2.24. The van der Waals surface area contributed by atoms with Crippen molar-refractivity contribution in [3.63, 3.8) is 0 Å². The minimum absolute atomic E-state index is 0.165. The monoisotopic (exact) mass is 308 g/mol. The Kier molecular flexibility index (Phi) is 7.51. The van der Waals surface area contributed by atoms with E-state index in [2.05, 4.69) is 0 Å². The summed E-state index contributed by atoms with van der Waals surface area (Å²) >= 11 is 1.45. The Morgan fingerprint density at radius 2 is 1.76 bits per heavy atom. The first-order chi connectivity index (χ1) is 9.93. The van der Waals surface area contributed by atoms with Crippen molar-refractivity contribution in [3.05, 3.63) is 29.8 Å². The second kappa shape index (κ2) is 8.88. The quantitative estimate of drug-likeness (QED) is 0.407. The minimum atomic E-state index is -0.249. The number of carbonyl (C=O) groups is 2. The number of Topliss-reactive ketones (excluding diaryl/α,β-unsaturated/α-hetero) is 1. The summed E-state index contributed by atoms with van der Waals surface area (Å²) in [6.07, 6.45) is 1.43. The second-order valence-corrected chi connectivity index (χ2v) is 6.90. The fraction of sp³-hybridized carbons (Fsp3) is 0.529.